The SMILES string of the molecule is C[C@H]1Oc2ccc(OCC3Nc4cc(F)ccc4S34CCCCCC4)cc2[C@H](O)[C@@H]1Cc1cccc(NS(=O)(=O)C(F)(F)F)c1. The summed E-state index contributed by atoms with van der Waals surface area (Å²) < 4.78 is 89.9. The largest absolute Gasteiger partial charge is 0.516 e. The molecule has 4 atom stereocenters. The van der Waals surface area contributed by atoms with Gasteiger partial charge in [0.15, 0.2) is 0 Å². The van der Waals surface area contributed by atoms with E-state index in [1.54, 1.807) is 48.0 Å². The van der Waals surface area contributed by atoms with Crippen molar-refractivity contribution in [2.45, 2.75) is 67.0 Å². The van der Waals surface area contributed by atoms with Crippen molar-refractivity contribution in [2.75, 3.05) is 28.2 Å². The lowest BCUT2D eigenvalue weighted by Crippen LogP contribution is -2.35. The number of benzene rings is 3. The maximum atomic E-state index is 14.1. The van der Waals surface area contributed by atoms with Crippen molar-refractivity contribution < 1.29 is 40.6 Å². The molecule has 0 saturated carbocycles. The molecule has 0 bridgehead atoms. The molecule has 3 aromatic rings. The normalized spacial score (nSPS) is 24.8. The fourth-order valence-electron chi connectivity index (χ4n) is 6.69. The van der Waals surface area contributed by atoms with Crippen LogP contribution in [-0.4, -0.2) is 48.6 Å². The summed E-state index contributed by atoms with van der Waals surface area (Å²) in [5, 5.41) is 15.0. The molecular weight excluding hydrogens is 632 g/mol. The molecule has 6 rings (SSSR count). The Kier molecular flexibility index (Phi) is 8.64. The molecule has 45 heavy (non-hydrogen) atoms. The van der Waals surface area contributed by atoms with Gasteiger partial charge in [0, 0.05) is 22.1 Å². The van der Waals surface area contributed by atoms with E-state index >= 15 is 0 Å². The van der Waals surface area contributed by atoms with E-state index in [1.807, 2.05) is 6.07 Å². The number of fused-ring (bicyclic) bond motifs is 3. The fourth-order valence-corrected chi connectivity index (χ4v) is 11.8. The Morgan fingerprint density at radius 3 is 2.53 bits per heavy atom. The number of ether oxygens (including phenoxy) is 2. The number of aliphatic hydroxyl groups is 1. The van der Waals surface area contributed by atoms with Crippen LogP contribution >= 0.6 is 10.0 Å². The van der Waals surface area contributed by atoms with Gasteiger partial charge in [-0.3, -0.25) is 4.72 Å². The molecule has 0 aromatic heterocycles. The van der Waals surface area contributed by atoms with Crippen LogP contribution in [-0.2, 0) is 16.4 Å². The fraction of sp³-hybridized carbons (Fsp3) is 0.438. The van der Waals surface area contributed by atoms with Gasteiger partial charge in [-0.05, 0) is 91.8 Å². The minimum atomic E-state index is -5.56. The molecule has 244 valence electrons. The first-order valence-electron chi connectivity index (χ1n) is 15.0. The predicted molar refractivity (Wildman–Crippen MR) is 167 cm³/mol. The van der Waals surface area contributed by atoms with E-state index < -0.39 is 43.7 Å². The van der Waals surface area contributed by atoms with Crippen molar-refractivity contribution >= 4 is 31.4 Å². The molecule has 3 N–H and O–H groups in total. The van der Waals surface area contributed by atoms with Gasteiger partial charge in [0.1, 0.15) is 30.0 Å². The van der Waals surface area contributed by atoms with Crippen molar-refractivity contribution in [3.05, 3.63) is 77.6 Å². The molecule has 1 spiro atoms. The molecule has 3 heterocycles. The van der Waals surface area contributed by atoms with Gasteiger partial charge < -0.3 is 19.9 Å². The second-order valence-electron chi connectivity index (χ2n) is 11.9. The van der Waals surface area contributed by atoms with E-state index in [1.165, 1.54) is 35.9 Å². The molecule has 3 aliphatic rings. The van der Waals surface area contributed by atoms with E-state index in [0.29, 0.717) is 29.2 Å². The Bertz CT molecular complexity index is 1660. The van der Waals surface area contributed by atoms with Crippen LogP contribution in [0.2, 0.25) is 0 Å². The number of aliphatic hydroxyl groups excluding tert-OH is 1. The Labute approximate surface area is 261 Å². The molecule has 1 unspecified atom stereocenters. The van der Waals surface area contributed by atoms with Crippen LogP contribution in [0.5, 0.6) is 11.5 Å². The molecule has 13 heteroatoms. The van der Waals surface area contributed by atoms with Crippen LogP contribution in [0.25, 0.3) is 0 Å². The smallest absolute Gasteiger partial charge is 0.491 e. The highest BCUT2D eigenvalue weighted by molar-refractivity contribution is 8.34. The van der Waals surface area contributed by atoms with E-state index in [9.17, 15) is 31.1 Å². The lowest BCUT2D eigenvalue weighted by Gasteiger charge is -2.41. The second-order valence-corrected chi connectivity index (χ2v) is 17.3. The average Bonchev–Trinajstić information content (AvgIpc) is 3.09. The molecule has 0 radical (unpaired) electrons. The van der Waals surface area contributed by atoms with Gasteiger partial charge in [-0.1, -0.05) is 25.0 Å². The number of alkyl halides is 3. The van der Waals surface area contributed by atoms with Crippen molar-refractivity contribution in [3.63, 3.8) is 0 Å². The van der Waals surface area contributed by atoms with Gasteiger partial charge >= 0.3 is 15.5 Å². The third-order valence-electron chi connectivity index (χ3n) is 8.99. The first-order chi connectivity index (χ1) is 21.4. The zero-order valence-electron chi connectivity index (χ0n) is 24.6. The van der Waals surface area contributed by atoms with E-state index in [0.717, 1.165) is 30.0 Å². The number of halogens is 4. The van der Waals surface area contributed by atoms with Gasteiger partial charge in [0.05, 0.1) is 17.2 Å². The summed E-state index contributed by atoms with van der Waals surface area (Å²) in [6, 6.07) is 16.0. The maximum absolute atomic E-state index is 14.1. The standard InChI is InChI=1S/C32H36F4N2O5S2/c1-20-25(16-21-7-6-8-23(15-21)38-45(40,41)32(34,35)36)31(39)26-18-24(10-11-28(26)43-20)42-19-30-37-27-17-22(33)9-12-29(27)44(30)13-4-2-3-5-14-44/h6-12,15,17-18,20,25,30-31,37-39H,2-5,13-14,16,19H2,1H3/t20-,25-,30?,31-/m1/s1. The first-order valence-corrected chi connectivity index (χ1v) is 18.5. The van der Waals surface area contributed by atoms with Crippen LogP contribution in [0.15, 0.2) is 65.6 Å². The maximum Gasteiger partial charge on any atom is 0.516 e. The van der Waals surface area contributed by atoms with E-state index in [-0.39, 0.29) is 23.3 Å². The van der Waals surface area contributed by atoms with Gasteiger partial charge in [-0.2, -0.15) is 31.6 Å². The van der Waals surface area contributed by atoms with Crippen molar-refractivity contribution in [2.24, 2.45) is 5.92 Å². The monoisotopic (exact) mass is 668 g/mol. The van der Waals surface area contributed by atoms with Crippen molar-refractivity contribution in [1.29, 1.82) is 0 Å². The third kappa shape index (κ3) is 6.31. The molecule has 0 amide bonds. The minimum absolute atomic E-state index is 0.0272. The summed E-state index contributed by atoms with van der Waals surface area (Å²) in [6.07, 6.45) is 3.45. The molecule has 0 aliphatic carbocycles. The van der Waals surface area contributed by atoms with Gasteiger partial charge in [0.25, 0.3) is 0 Å². The summed E-state index contributed by atoms with van der Waals surface area (Å²) in [7, 11) is -6.83. The Hall–Kier alpha value is -3.16. The van der Waals surface area contributed by atoms with Gasteiger partial charge in [0.2, 0.25) is 0 Å². The molecule has 1 fully saturated rings. The molecular formula is C32H36F4N2O5S2. The highest BCUT2D eigenvalue weighted by Gasteiger charge is 2.46. The average molecular weight is 669 g/mol. The lowest BCUT2D eigenvalue weighted by atomic mass is 9.83. The molecule has 3 aromatic carbocycles. The Morgan fingerprint density at radius 1 is 1.04 bits per heavy atom. The van der Waals surface area contributed by atoms with Crippen molar-refractivity contribution in [3.8, 4) is 11.5 Å². The topological polar surface area (TPSA) is 96.9 Å². The summed E-state index contributed by atoms with van der Waals surface area (Å²) in [5.41, 5.74) is -3.75. The number of hydrogen-bond donors (Lipinski definition) is 3. The zero-order chi connectivity index (χ0) is 32.0. The van der Waals surface area contributed by atoms with Gasteiger partial charge in [-0.15, -0.1) is 0 Å². The number of sulfonamides is 1. The summed E-state index contributed by atoms with van der Waals surface area (Å²) >= 11 is 0. The predicted octanol–water partition coefficient (Wildman–Crippen LogP) is 7.33. The Balaban J connectivity index is 1.18. The highest BCUT2D eigenvalue weighted by atomic mass is 32.3. The summed E-state index contributed by atoms with van der Waals surface area (Å²) in [6.45, 7) is 2.18. The highest BCUT2D eigenvalue weighted by Crippen LogP contribution is 2.67. The molecule has 1 saturated heterocycles. The van der Waals surface area contributed by atoms with Crippen LogP contribution < -0.4 is 19.5 Å². The van der Waals surface area contributed by atoms with Crippen LogP contribution in [0.1, 0.15) is 49.8 Å². The number of nitrogens with one attached hydrogen (secondary N) is 2. The van der Waals surface area contributed by atoms with Crippen molar-refractivity contribution in [1.82, 2.24) is 0 Å². The quantitative estimate of drug-likeness (QED) is 0.228. The lowest BCUT2D eigenvalue weighted by molar-refractivity contribution is -0.0429. The zero-order valence-corrected chi connectivity index (χ0v) is 26.3. The Morgan fingerprint density at radius 2 is 1.80 bits per heavy atom. The van der Waals surface area contributed by atoms with E-state index in [4.69, 9.17) is 9.47 Å². The number of rotatable bonds is 7. The summed E-state index contributed by atoms with van der Waals surface area (Å²) in [5.74, 6) is 2.47. The summed E-state index contributed by atoms with van der Waals surface area (Å²) in [4.78, 5) is 1.22. The number of hydrogen-bond acceptors (Lipinski definition) is 6. The third-order valence-corrected chi connectivity index (χ3v) is 14.7. The van der Waals surface area contributed by atoms with Crippen LogP contribution in [0.3, 0.4) is 0 Å². The second kappa shape index (κ2) is 12.2. The molecule has 3 aliphatic heterocycles. The van der Waals surface area contributed by atoms with Gasteiger partial charge in [-0.25, -0.2) is 4.39 Å². The minimum Gasteiger partial charge on any atom is -0.491 e. The van der Waals surface area contributed by atoms with Crippen LogP contribution in [0, 0.1) is 11.7 Å². The first kappa shape index (κ1) is 31.8. The number of anilines is 2. The van der Waals surface area contributed by atoms with E-state index in [2.05, 4.69) is 5.32 Å². The molecule has 7 nitrogen and oxygen atoms in total. The van der Waals surface area contributed by atoms with Crippen LogP contribution in [0.4, 0.5) is 28.9 Å².